The lowest BCUT2D eigenvalue weighted by atomic mass is 10.2. The number of carbonyl (C=O) groups excluding carboxylic acids is 1. The van der Waals surface area contributed by atoms with Crippen molar-refractivity contribution >= 4 is 23.2 Å². The third kappa shape index (κ3) is 3.85. The maximum atomic E-state index is 13.3. The van der Waals surface area contributed by atoms with Gasteiger partial charge in [-0.25, -0.2) is 9.07 Å². The van der Waals surface area contributed by atoms with Crippen molar-refractivity contribution in [2.45, 2.75) is 19.8 Å². The third-order valence-corrected chi connectivity index (χ3v) is 3.87. The Hall–Kier alpha value is -2.73. The summed E-state index contributed by atoms with van der Waals surface area (Å²) >= 11 is 5.92. The number of amides is 1. The number of benzene rings is 2. The van der Waals surface area contributed by atoms with E-state index in [2.05, 4.69) is 15.6 Å². The van der Waals surface area contributed by atoms with Crippen molar-refractivity contribution in [2.24, 2.45) is 0 Å². The van der Waals surface area contributed by atoms with Crippen LogP contribution in [-0.4, -0.2) is 20.9 Å². The molecule has 25 heavy (non-hydrogen) atoms. The second-order valence-corrected chi connectivity index (χ2v) is 5.92. The standard InChI is InChI=1S/C18H16ClFN4O/c1-2-4-16-17(18(25)21-14-6-3-5-13(20)11-14)22-23-24(16)15-9-7-12(19)8-10-15/h3,5-11H,2,4H2,1H3,(H,21,25). The average Bonchev–Trinajstić information content (AvgIpc) is 3.00. The van der Waals surface area contributed by atoms with Gasteiger partial charge in [0.05, 0.1) is 11.4 Å². The van der Waals surface area contributed by atoms with E-state index in [4.69, 9.17) is 11.6 Å². The minimum Gasteiger partial charge on any atom is -0.320 e. The molecule has 1 heterocycles. The van der Waals surface area contributed by atoms with Gasteiger partial charge in [0.2, 0.25) is 0 Å². The summed E-state index contributed by atoms with van der Waals surface area (Å²) in [5.74, 6) is -0.842. The van der Waals surface area contributed by atoms with Crippen molar-refractivity contribution in [1.82, 2.24) is 15.0 Å². The maximum Gasteiger partial charge on any atom is 0.278 e. The predicted octanol–water partition coefficient (Wildman–Crippen LogP) is 4.26. The highest BCUT2D eigenvalue weighted by Crippen LogP contribution is 2.19. The Labute approximate surface area is 149 Å². The highest BCUT2D eigenvalue weighted by Gasteiger charge is 2.20. The fourth-order valence-electron chi connectivity index (χ4n) is 2.49. The number of halogens is 2. The van der Waals surface area contributed by atoms with Gasteiger partial charge in [-0.1, -0.05) is 36.2 Å². The van der Waals surface area contributed by atoms with Crippen LogP contribution in [0.1, 0.15) is 29.5 Å². The van der Waals surface area contributed by atoms with E-state index in [1.165, 1.54) is 18.2 Å². The molecule has 0 saturated carbocycles. The number of hydrogen-bond donors (Lipinski definition) is 1. The Morgan fingerprint density at radius 3 is 2.68 bits per heavy atom. The summed E-state index contributed by atoms with van der Waals surface area (Å²) < 4.78 is 14.9. The van der Waals surface area contributed by atoms with Gasteiger partial charge in [-0.15, -0.1) is 5.10 Å². The molecule has 0 radical (unpaired) electrons. The van der Waals surface area contributed by atoms with Gasteiger partial charge >= 0.3 is 0 Å². The third-order valence-electron chi connectivity index (χ3n) is 3.62. The number of hydrogen-bond acceptors (Lipinski definition) is 3. The smallest absolute Gasteiger partial charge is 0.278 e. The molecule has 2 aromatic carbocycles. The lowest BCUT2D eigenvalue weighted by Crippen LogP contribution is -2.15. The summed E-state index contributed by atoms with van der Waals surface area (Å²) in [4.78, 5) is 12.5. The molecule has 0 aliphatic carbocycles. The number of nitrogens with zero attached hydrogens (tertiary/aromatic N) is 3. The molecule has 3 rings (SSSR count). The van der Waals surface area contributed by atoms with Gasteiger partial charge < -0.3 is 5.32 Å². The monoisotopic (exact) mass is 358 g/mol. The normalized spacial score (nSPS) is 10.7. The molecule has 1 N–H and O–H groups in total. The lowest BCUT2D eigenvalue weighted by Gasteiger charge is -2.08. The fourth-order valence-corrected chi connectivity index (χ4v) is 2.61. The SMILES string of the molecule is CCCc1c(C(=O)Nc2cccc(F)c2)nnn1-c1ccc(Cl)cc1. The van der Waals surface area contributed by atoms with E-state index >= 15 is 0 Å². The van der Waals surface area contributed by atoms with Crippen LogP contribution in [0, 0.1) is 5.82 Å². The average molecular weight is 359 g/mol. The molecule has 3 aromatic rings. The van der Waals surface area contributed by atoms with E-state index in [0.29, 0.717) is 22.8 Å². The first-order valence-electron chi connectivity index (χ1n) is 7.86. The molecule has 0 saturated heterocycles. The first kappa shape index (κ1) is 17.1. The summed E-state index contributed by atoms with van der Waals surface area (Å²) in [6.07, 6.45) is 1.45. The second-order valence-electron chi connectivity index (χ2n) is 5.49. The molecular formula is C18H16ClFN4O. The molecule has 0 fully saturated rings. The van der Waals surface area contributed by atoms with E-state index in [9.17, 15) is 9.18 Å². The van der Waals surface area contributed by atoms with Crippen LogP contribution in [-0.2, 0) is 6.42 Å². The minimum atomic E-state index is -0.422. The van der Waals surface area contributed by atoms with Crippen LogP contribution in [0.25, 0.3) is 5.69 Å². The van der Waals surface area contributed by atoms with Gasteiger partial charge in [0.15, 0.2) is 5.69 Å². The fraction of sp³-hybridized carbons (Fsp3) is 0.167. The number of carbonyl (C=O) groups is 1. The van der Waals surface area contributed by atoms with Crippen LogP contribution >= 0.6 is 11.6 Å². The topological polar surface area (TPSA) is 59.8 Å². The number of nitrogens with one attached hydrogen (secondary N) is 1. The van der Waals surface area contributed by atoms with Crippen LogP contribution in [0.4, 0.5) is 10.1 Å². The quantitative estimate of drug-likeness (QED) is 0.741. The van der Waals surface area contributed by atoms with Crippen LogP contribution in [0.2, 0.25) is 5.02 Å². The van der Waals surface area contributed by atoms with E-state index in [1.54, 1.807) is 22.9 Å². The summed E-state index contributed by atoms with van der Waals surface area (Å²) in [6.45, 7) is 2.01. The first-order chi connectivity index (χ1) is 12.1. The van der Waals surface area contributed by atoms with E-state index in [1.807, 2.05) is 19.1 Å². The number of aromatic nitrogens is 3. The molecule has 0 aliphatic rings. The van der Waals surface area contributed by atoms with Crippen molar-refractivity contribution in [1.29, 1.82) is 0 Å². The summed E-state index contributed by atoms with van der Waals surface area (Å²) in [5, 5.41) is 11.4. The Morgan fingerprint density at radius 1 is 1.24 bits per heavy atom. The van der Waals surface area contributed by atoms with E-state index in [0.717, 1.165) is 12.1 Å². The Bertz CT molecular complexity index is 892. The minimum absolute atomic E-state index is 0.223. The van der Waals surface area contributed by atoms with Gasteiger partial charge in [-0.05, 0) is 48.9 Å². The second kappa shape index (κ2) is 7.44. The van der Waals surface area contributed by atoms with Gasteiger partial charge in [-0.2, -0.15) is 0 Å². The largest absolute Gasteiger partial charge is 0.320 e. The molecule has 128 valence electrons. The van der Waals surface area contributed by atoms with Crippen molar-refractivity contribution in [3.05, 3.63) is 70.8 Å². The molecule has 0 unspecified atom stereocenters. The highest BCUT2D eigenvalue weighted by molar-refractivity contribution is 6.30. The van der Waals surface area contributed by atoms with Crippen LogP contribution in [0.15, 0.2) is 48.5 Å². The van der Waals surface area contributed by atoms with Gasteiger partial charge in [0.1, 0.15) is 5.82 Å². The van der Waals surface area contributed by atoms with Crippen molar-refractivity contribution < 1.29 is 9.18 Å². The summed E-state index contributed by atoms with van der Waals surface area (Å²) in [6, 6.07) is 12.8. The van der Waals surface area contributed by atoms with E-state index in [-0.39, 0.29) is 5.69 Å². The molecular weight excluding hydrogens is 343 g/mol. The molecule has 0 atom stereocenters. The molecule has 0 spiro atoms. The summed E-state index contributed by atoms with van der Waals surface area (Å²) in [5.41, 5.74) is 2.05. The lowest BCUT2D eigenvalue weighted by molar-refractivity contribution is 0.102. The zero-order valence-corrected chi connectivity index (χ0v) is 14.3. The first-order valence-corrected chi connectivity index (χ1v) is 8.23. The zero-order valence-electron chi connectivity index (χ0n) is 13.5. The molecule has 1 aromatic heterocycles. The Balaban J connectivity index is 1.93. The van der Waals surface area contributed by atoms with Crippen LogP contribution in [0.5, 0.6) is 0 Å². The van der Waals surface area contributed by atoms with Crippen molar-refractivity contribution in [3.8, 4) is 5.69 Å². The number of anilines is 1. The van der Waals surface area contributed by atoms with Gasteiger partial charge in [-0.3, -0.25) is 4.79 Å². The highest BCUT2D eigenvalue weighted by atomic mass is 35.5. The van der Waals surface area contributed by atoms with Crippen molar-refractivity contribution in [2.75, 3.05) is 5.32 Å². The van der Waals surface area contributed by atoms with E-state index < -0.39 is 11.7 Å². The molecule has 1 amide bonds. The van der Waals surface area contributed by atoms with Crippen LogP contribution < -0.4 is 5.32 Å². The maximum absolute atomic E-state index is 13.3. The van der Waals surface area contributed by atoms with Gasteiger partial charge in [0, 0.05) is 10.7 Å². The van der Waals surface area contributed by atoms with Gasteiger partial charge in [0.25, 0.3) is 5.91 Å². The molecule has 5 nitrogen and oxygen atoms in total. The Kier molecular flexibility index (Phi) is 5.09. The molecule has 0 bridgehead atoms. The Morgan fingerprint density at radius 2 is 2.00 bits per heavy atom. The molecule has 0 aliphatic heterocycles. The molecule has 7 heteroatoms. The van der Waals surface area contributed by atoms with Crippen molar-refractivity contribution in [3.63, 3.8) is 0 Å². The number of rotatable bonds is 5. The zero-order chi connectivity index (χ0) is 17.8. The van der Waals surface area contributed by atoms with Crippen LogP contribution in [0.3, 0.4) is 0 Å². The summed E-state index contributed by atoms with van der Waals surface area (Å²) in [7, 11) is 0. The predicted molar refractivity (Wildman–Crippen MR) is 94.7 cm³/mol.